The predicted octanol–water partition coefficient (Wildman–Crippen LogP) is 1.39. The van der Waals surface area contributed by atoms with Crippen LogP contribution in [0.15, 0.2) is 0 Å². The van der Waals surface area contributed by atoms with Crippen LogP contribution in [0.4, 0.5) is 13.2 Å². The largest absolute Gasteiger partial charge is 0.756 e. The van der Waals surface area contributed by atoms with Gasteiger partial charge in [0.2, 0.25) is 6.10 Å². The van der Waals surface area contributed by atoms with E-state index in [0.717, 1.165) is 7.11 Å². The molecule has 0 radical (unpaired) electrons. The molecule has 0 aromatic heterocycles. The molecule has 1 atom stereocenters. The van der Waals surface area contributed by atoms with Crippen LogP contribution >= 0.6 is 7.82 Å². The molecule has 0 fully saturated rings. The number of ether oxygens (including phenoxy) is 1. The lowest BCUT2D eigenvalue weighted by molar-refractivity contribution is -0.225. The Morgan fingerprint density at radius 1 is 1.24 bits per heavy atom. The summed E-state index contributed by atoms with van der Waals surface area (Å²) in [6.45, 7) is 4.06. The van der Waals surface area contributed by atoms with E-state index in [1.165, 1.54) is 0 Å². The summed E-state index contributed by atoms with van der Waals surface area (Å²) in [5.41, 5.74) is 0. The van der Waals surface area contributed by atoms with Gasteiger partial charge < -0.3 is 23.8 Å². The van der Waals surface area contributed by atoms with E-state index < -0.39 is 26.1 Å². The zero-order chi connectivity index (χ0) is 17.1. The standard InChI is InChI=1S/C6H15O4P.C4H5F3O3/c1-3-5-9-11(7,8)10-6-4-2;1-10-3(9)2(8)4(5,6)7/h3-6H2,1-2H3,(H,7,8);2,8H,1H3/p-1. The molecule has 0 aliphatic carbocycles. The number of alkyl halides is 3. The summed E-state index contributed by atoms with van der Waals surface area (Å²) >= 11 is 0. The average molecular weight is 339 g/mol. The summed E-state index contributed by atoms with van der Waals surface area (Å²) in [5.74, 6) is -1.70. The molecule has 21 heavy (non-hydrogen) atoms. The third-order valence-corrected chi connectivity index (χ3v) is 2.64. The van der Waals surface area contributed by atoms with Gasteiger partial charge >= 0.3 is 12.1 Å². The first-order valence-electron chi connectivity index (χ1n) is 5.94. The van der Waals surface area contributed by atoms with E-state index in [1.54, 1.807) is 0 Å². The van der Waals surface area contributed by atoms with E-state index in [0.29, 0.717) is 12.8 Å². The fraction of sp³-hybridized carbons (Fsp3) is 0.900. The minimum atomic E-state index is -4.94. The number of phosphoric acid groups is 1. The first kappa shape index (κ1) is 22.6. The predicted molar refractivity (Wildman–Crippen MR) is 64.2 cm³/mol. The van der Waals surface area contributed by atoms with Gasteiger partial charge in [0.25, 0.3) is 7.82 Å². The smallest absolute Gasteiger partial charge is 0.425 e. The van der Waals surface area contributed by atoms with Crippen molar-refractivity contribution < 1.29 is 46.3 Å². The second kappa shape index (κ2) is 11.0. The first-order chi connectivity index (χ1) is 9.51. The second-order valence-corrected chi connectivity index (χ2v) is 4.99. The quantitative estimate of drug-likeness (QED) is 0.552. The normalized spacial score (nSPS) is 13.1. The maximum Gasteiger partial charge on any atom is 0.425 e. The van der Waals surface area contributed by atoms with Gasteiger partial charge in [0, 0.05) is 0 Å². The summed E-state index contributed by atoms with van der Waals surface area (Å²) in [5, 5.41) is 8.05. The highest BCUT2D eigenvalue weighted by Crippen LogP contribution is 2.38. The maximum absolute atomic E-state index is 11.3. The van der Waals surface area contributed by atoms with Crippen molar-refractivity contribution in [3.8, 4) is 0 Å². The number of esters is 1. The molecule has 0 aliphatic heterocycles. The van der Waals surface area contributed by atoms with Crippen LogP contribution in [0.5, 0.6) is 0 Å². The van der Waals surface area contributed by atoms with E-state index in [9.17, 15) is 27.4 Å². The Morgan fingerprint density at radius 2 is 1.62 bits per heavy atom. The lowest BCUT2D eigenvalue weighted by atomic mass is 10.3. The number of phosphoric ester groups is 1. The fourth-order valence-corrected chi connectivity index (χ4v) is 1.58. The number of rotatable bonds is 7. The summed E-state index contributed by atoms with van der Waals surface area (Å²) < 4.78 is 57.3. The molecule has 0 aliphatic rings. The van der Waals surface area contributed by atoms with Crippen molar-refractivity contribution in [3.63, 3.8) is 0 Å². The van der Waals surface area contributed by atoms with Gasteiger partial charge in [-0.25, -0.2) is 4.79 Å². The number of hydrogen-bond acceptors (Lipinski definition) is 7. The summed E-state index contributed by atoms with van der Waals surface area (Å²) in [4.78, 5) is 20.7. The Kier molecular flexibility index (Phi) is 11.8. The first-order valence-corrected chi connectivity index (χ1v) is 7.40. The van der Waals surface area contributed by atoms with Crippen LogP contribution in [0.25, 0.3) is 0 Å². The molecule has 7 nitrogen and oxygen atoms in total. The molecular formula is C10H19F3O7P-. The SMILES string of the molecule is CCCOP(=O)([O-])OCCC.COC(=O)C(O)C(F)(F)F. The summed E-state index contributed by atoms with van der Waals surface area (Å²) in [6.07, 6.45) is -6.63. The zero-order valence-electron chi connectivity index (χ0n) is 11.9. The summed E-state index contributed by atoms with van der Waals surface area (Å²) in [6, 6.07) is 0. The third kappa shape index (κ3) is 12.8. The Balaban J connectivity index is 0. The molecule has 0 aromatic rings. The second-order valence-electron chi connectivity index (χ2n) is 3.58. The Hall–Kier alpha value is -0.670. The van der Waals surface area contributed by atoms with E-state index >= 15 is 0 Å². The highest BCUT2D eigenvalue weighted by atomic mass is 31.2. The topological polar surface area (TPSA) is 105 Å². The molecule has 0 rings (SSSR count). The lowest BCUT2D eigenvalue weighted by Crippen LogP contribution is -2.37. The zero-order valence-corrected chi connectivity index (χ0v) is 12.8. The van der Waals surface area contributed by atoms with Crippen LogP contribution in [0.3, 0.4) is 0 Å². The molecule has 0 heterocycles. The monoisotopic (exact) mass is 339 g/mol. The molecule has 0 bridgehead atoms. The number of methoxy groups -OCH3 is 1. The minimum absolute atomic E-state index is 0.199. The third-order valence-electron chi connectivity index (χ3n) is 1.64. The minimum Gasteiger partial charge on any atom is -0.756 e. The van der Waals surface area contributed by atoms with Gasteiger partial charge in [0.15, 0.2) is 0 Å². The van der Waals surface area contributed by atoms with Crippen LogP contribution < -0.4 is 4.89 Å². The summed E-state index contributed by atoms with van der Waals surface area (Å²) in [7, 11) is -3.21. The van der Waals surface area contributed by atoms with Gasteiger partial charge in [-0.3, -0.25) is 4.57 Å². The van der Waals surface area contributed by atoms with Crippen molar-refractivity contribution in [3.05, 3.63) is 0 Å². The fourth-order valence-electron chi connectivity index (χ4n) is 0.689. The molecule has 0 saturated carbocycles. The average Bonchev–Trinajstić information content (AvgIpc) is 2.41. The Bertz CT molecular complexity index is 323. The van der Waals surface area contributed by atoms with Gasteiger partial charge in [-0.2, -0.15) is 13.2 Å². The maximum atomic E-state index is 11.3. The van der Waals surface area contributed by atoms with Crippen molar-refractivity contribution in [2.24, 2.45) is 0 Å². The van der Waals surface area contributed by atoms with Crippen molar-refractivity contribution in [2.75, 3.05) is 20.3 Å². The lowest BCUT2D eigenvalue weighted by Gasteiger charge is -2.21. The highest BCUT2D eigenvalue weighted by molar-refractivity contribution is 7.45. The van der Waals surface area contributed by atoms with Crippen LogP contribution in [0, 0.1) is 0 Å². The molecule has 11 heteroatoms. The Morgan fingerprint density at radius 3 is 1.81 bits per heavy atom. The number of carbonyl (C=O) groups excluding carboxylic acids is 1. The molecule has 0 saturated heterocycles. The van der Waals surface area contributed by atoms with E-state index in [4.69, 9.17) is 5.11 Å². The number of aliphatic hydroxyl groups excluding tert-OH is 1. The highest BCUT2D eigenvalue weighted by Gasteiger charge is 2.44. The molecular weight excluding hydrogens is 320 g/mol. The van der Waals surface area contributed by atoms with Crippen LogP contribution in [0.1, 0.15) is 26.7 Å². The van der Waals surface area contributed by atoms with Crippen molar-refractivity contribution in [2.45, 2.75) is 39.0 Å². The number of carbonyl (C=O) groups is 1. The molecule has 0 spiro atoms. The number of halogens is 3. The van der Waals surface area contributed by atoms with Gasteiger partial charge in [-0.1, -0.05) is 13.8 Å². The van der Waals surface area contributed by atoms with E-state index in [2.05, 4.69) is 13.8 Å². The van der Waals surface area contributed by atoms with Gasteiger partial charge in [-0.05, 0) is 12.8 Å². The van der Waals surface area contributed by atoms with Gasteiger partial charge in [0.1, 0.15) is 0 Å². The molecule has 128 valence electrons. The van der Waals surface area contributed by atoms with E-state index in [1.807, 2.05) is 13.8 Å². The van der Waals surface area contributed by atoms with Crippen molar-refractivity contribution >= 4 is 13.8 Å². The Labute approximate surface area is 120 Å². The molecule has 1 N–H and O–H groups in total. The van der Waals surface area contributed by atoms with Crippen LogP contribution in [0.2, 0.25) is 0 Å². The number of aliphatic hydroxyl groups is 1. The van der Waals surface area contributed by atoms with Crippen molar-refractivity contribution in [1.82, 2.24) is 0 Å². The molecule has 1 unspecified atom stereocenters. The molecule has 0 aromatic carbocycles. The van der Waals surface area contributed by atoms with E-state index in [-0.39, 0.29) is 13.2 Å². The number of hydrogen-bond donors (Lipinski definition) is 1. The van der Waals surface area contributed by atoms with Crippen LogP contribution in [-0.4, -0.2) is 43.7 Å². The van der Waals surface area contributed by atoms with Crippen molar-refractivity contribution in [1.29, 1.82) is 0 Å². The molecule has 0 amide bonds. The van der Waals surface area contributed by atoms with Crippen LogP contribution in [-0.2, 0) is 23.1 Å². The van der Waals surface area contributed by atoms with Gasteiger partial charge in [-0.15, -0.1) is 0 Å². The van der Waals surface area contributed by atoms with Gasteiger partial charge in [0.05, 0.1) is 20.3 Å².